The van der Waals surface area contributed by atoms with E-state index in [1.54, 1.807) is 38.2 Å². The average Bonchev–Trinajstić information content (AvgIpc) is 2.97. The van der Waals surface area contributed by atoms with Crippen molar-refractivity contribution in [2.24, 2.45) is 0 Å². The summed E-state index contributed by atoms with van der Waals surface area (Å²) in [5.74, 6) is -1.04. The number of methoxy groups -OCH3 is 1. The van der Waals surface area contributed by atoms with E-state index < -0.39 is 5.97 Å². The first-order chi connectivity index (χ1) is 11.9. The summed E-state index contributed by atoms with van der Waals surface area (Å²) in [6, 6.07) is 6.52. The zero-order valence-electron chi connectivity index (χ0n) is 14.6. The van der Waals surface area contributed by atoms with Crippen LogP contribution in [-0.4, -0.2) is 36.9 Å². The van der Waals surface area contributed by atoms with E-state index in [9.17, 15) is 14.4 Å². The molecule has 132 valence electrons. The predicted octanol–water partition coefficient (Wildman–Crippen LogP) is 2.28. The van der Waals surface area contributed by atoms with Gasteiger partial charge in [-0.3, -0.25) is 9.59 Å². The molecule has 0 atom stereocenters. The van der Waals surface area contributed by atoms with Crippen molar-refractivity contribution >= 4 is 23.5 Å². The summed E-state index contributed by atoms with van der Waals surface area (Å²) in [4.78, 5) is 39.0. The fourth-order valence-corrected chi connectivity index (χ4v) is 2.57. The molecule has 1 aromatic carbocycles. The van der Waals surface area contributed by atoms with Crippen molar-refractivity contribution in [3.63, 3.8) is 0 Å². The number of aryl methyl sites for hydroxylation is 1. The molecule has 7 nitrogen and oxygen atoms in total. The Labute approximate surface area is 145 Å². The fraction of sp³-hybridized carbons (Fsp3) is 0.278. The predicted molar refractivity (Wildman–Crippen MR) is 94.0 cm³/mol. The van der Waals surface area contributed by atoms with Gasteiger partial charge in [0, 0.05) is 24.0 Å². The van der Waals surface area contributed by atoms with E-state index in [0.29, 0.717) is 40.2 Å². The van der Waals surface area contributed by atoms with E-state index in [-0.39, 0.29) is 11.8 Å². The monoisotopic (exact) mass is 343 g/mol. The van der Waals surface area contributed by atoms with Crippen LogP contribution < -0.4 is 10.6 Å². The molecule has 0 saturated carbocycles. The van der Waals surface area contributed by atoms with Crippen LogP contribution in [0.4, 0.5) is 5.69 Å². The molecule has 0 aliphatic rings. The smallest absolute Gasteiger partial charge is 0.339 e. The number of ether oxygens (including phenoxy) is 1. The van der Waals surface area contributed by atoms with Crippen LogP contribution in [0.25, 0.3) is 0 Å². The average molecular weight is 343 g/mol. The third-order valence-corrected chi connectivity index (χ3v) is 3.93. The summed E-state index contributed by atoms with van der Waals surface area (Å²) < 4.78 is 4.79. The Hall–Kier alpha value is -3.09. The van der Waals surface area contributed by atoms with Crippen molar-refractivity contribution in [2.75, 3.05) is 19.5 Å². The Balaban J connectivity index is 2.25. The van der Waals surface area contributed by atoms with Gasteiger partial charge in [-0.2, -0.15) is 0 Å². The first-order valence-corrected chi connectivity index (χ1v) is 7.86. The number of hydrogen-bond acceptors (Lipinski definition) is 4. The summed E-state index contributed by atoms with van der Waals surface area (Å²) in [5.41, 5.74) is 2.95. The Morgan fingerprint density at radius 1 is 1.12 bits per heavy atom. The Morgan fingerprint density at radius 2 is 1.76 bits per heavy atom. The van der Waals surface area contributed by atoms with Crippen LogP contribution in [0.3, 0.4) is 0 Å². The molecule has 2 aromatic rings. The van der Waals surface area contributed by atoms with Crippen LogP contribution >= 0.6 is 0 Å². The third-order valence-electron chi connectivity index (χ3n) is 3.93. The standard InChI is InChI=1S/C18H21N3O4/c1-5-13-14(18(24)25-4)10(2)15(21-13)17(23)20-12-8-6-11(7-9-12)16(22)19-3/h6-9,21H,5H2,1-4H3,(H,19,22)(H,20,23). The maximum Gasteiger partial charge on any atom is 0.339 e. The quantitative estimate of drug-likeness (QED) is 0.725. The van der Waals surface area contributed by atoms with E-state index in [1.807, 2.05) is 6.92 Å². The molecule has 0 aliphatic carbocycles. The van der Waals surface area contributed by atoms with Crippen LogP contribution in [0.5, 0.6) is 0 Å². The van der Waals surface area contributed by atoms with Gasteiger partial charge >= 0.3 is 5.97 Å². The molecule has 0 spiro atoms. The number of H-pyrrole nitrogens is 1. The number of esters is 1. The molecule has 0 fully saturated rings. The van der Waals surface area contributed by atoms with Gasteiger partial charge in [-0.25, -0.2) is 4.79 Å². The Bertz CT molecular complexity index is 806. The number of amides is 2. The lowest BCUT2D eigenvalue weighted by molar-refractivity contribution is 0.0598. The Morgan fingerprint density at radius 3 is 2.28 bits per heavy atom. The lowest BCUT2D eigenvalue weighted by Gasteiger charge is -2.06. The van der Waals surface area contributed by atoms with Gasteiger partial charge < -0.3 is 20.4 Å². The highest BCUT2D eigenvalue weighted by Gasteiger charge is 2.23. The van der Waals surface area contributed by atoms with Crippen molar-refractivity contribution in [2.45, 2.75) is 20.3 Å². The number of aromatic nitrogens is 1. The minimum atomic E-state index is -0.473. The first kappa shape index (κ1) is 18.3. The highest BCUT2D eigenvalue weighted by atomic mass is 16.5. The van der Waals surface area contributed by atoms with E-state index in [2.05, 4.69) is 15.6 Å². The van der Waals surface area contributed by atoms with Crippen molar-refractivity contribution < 1.29 is 19.1 Å². The summed E-state index contributed by atoms with van der Waals surface area (Å²) in [6.45, 7) is 3.59. The van der Waals surface area contributed by atoms with Crippen LogP contribution in [0.1, 0.15) is 49.4 Å². The summed E-state index contributed by atoms with van der Waals surface area (Å²) in [7, 11) is 2.86. The zero-order valence-corrected chi connectivity index (χ0v) is 14.6. The molecule has 3 N–H and O–H groups in total. The van der Waals surface area contributed by atoms with E-state index in [4.69, 9.17) is 4.74 Å². The van der Waals surface area contributed by atoms with Gasteiger partial charge in [0.1, 0.15) is 5.69 Å². The molecule has 25 heavy (non-hydrogen) atoms. The lowest BCUT2D eigenvalue weighted by atomic mass is 10.1. The Kier molecular flexibility index (Phi) is 5.59. The molecule has 7 heteroatoms. The van der Waals surface area contributed by atoms with E-state index >= 15 is 0 Å². The highest BCUT2D eigenvalue weighted by molar-refractivity contribution is 6.07. The molecule has 2 amide bonds. The lowest BCUT2D eigenvalue weighted by Crippen LogP contribution is -2.18. The van der Waals surface area contributed by atoms with Crippen molar-refractivity contribution in [3.05, 3.63) is 52.3 Å². The first-order valence-electron chi connectivity index (χ1n) is 7.86. The second-order valence-corrected chi connectivity index (χ2v) is 5.43. The fourth-order valence-electron chi connectivity index (χ4n) is 2.57. The maximum absolute atomic E-state index is 12.5. The SMILES string of the molecule is CCc1[nH]c(C(=O)Nc2ccc(C(=O)NC)cc2)c(C)c1C(=O)OC. The number of carbonyl (C=O) groups excluding carboxylic acids is 3. The molecule has 1 heterocycles. The molecule has 0 unspecified atom stereocenters. The van der Waals surface area contributed by atoms with Crippen molar-refractivity contribution in [3.8, 4) is 0 Å². The minimum absolute atomic E-state index is 0.201. The number of carbonyl (C=O) groups is 3. The van der Waals surface area contributed by atoms with Crippen molar-refractivity contribution in [1.82, 2.24) is 10.3 Å². The third kappa shape index (κ3) is 3.71. The summed E-state index contributed by atoms with van der Waals surface area (Å²) >= 11 is 0. The largest absolute Gasteiger partial charge is 0.465 e. The zero-order chi connectivity index (χ0) is 18.6. The van der Waals surface area contributed by atoms with E-state index in [0.717, 1.165) is 0 Å². The second-order valence-electron chi connectivity index (χ2n) is 5.43. The summed E-state index contributed by atoms with van der Waals surface area (Å²) in [5, 5.41) is 5.28. The van der Waals surface area contributed by atoms with Gasteiger partial charge in [-0.15, -0.1) is 0 Å². The molecule has 0 radical (unpaired) electrons. The maximum atomic E-state index is 12.5. The van der Waals surface area contributed by atoms with Gasteiger partial charge in [0.2, 0.25) is 0 Å². The van der Waals surface area contributed by atoms with Crippen molar-refractivity contribution in [1.29, 1.82) is 0 Å². The number of hydrogen-bond donors (Lipinski definition) is 3. The molecule has 0 bridgehead atoms. The van der Waals surface area contributed by atoms with Crippen LogP contribution in [-0.2, 0) is 11.2 Å². The van der Waals surface area contributed by atoms with Gasteiger partial charge in [0.25, 0.3) is 11.8 Å². The molecule has 0 aliphatic heterocycles. The topological polar surface area (TPSA) is 100 Å². The number of nitrogens with one attached hydrogen (secondary N) is 3. The van der Waals surface area contributed by atoms with Gasteiger partial charge in [0.05, 0.1) is 12.7 Å². The summed E-state index contributed by atoms with van der Waals surface area (Å²) in [6.07, 6.45) is 0.569. The second kappa shape index (κ2) is 7.65. The van der Waals surface area contributed by atoms with Gasteiger partial charge in [-0.05, 0) is 43.2 Å². The van der Waals surface area contributed by atoms with Gasteiger partial charge in [-0.1, -0.05) is 6.92 Å². The normalized spacial score (nSPS) is 10.2. The molecular formula is C18H21N3O4. The molecular weight excluding hydrogens is 322 g/mol. The van der Waals surface area contributed by atoms with Crippen LogP contribution in [0, 0.1) is 6.92 Å². The number of aromatic amines is 1. The van der Waals surface area contributed by atoms with Crippen LogP contribution in [0.15, 0.2) is 24.3 Å². The van der Waals surface area contributed by atoms with E-state index in [1.165, 1.54) is 7.11 Å². The molecule has 2 rings (SSSR count). The molecule has 0 saturated heterocycles. The minimum Gasteiger partial charge on any atom is -0.465 e. The number of rotatable bonds is 5. The number of anilines is 1. The molecule has 1 aromatic heterocycles. The van der Waals surface area contributed by atoms with Crippen LogP contribution in [0.2, 0.25) is 0 Å². The highest BCUT2D eigenvalue weighted by Crippen LogP contribution is 2.21. The number of benzene rings is 1. The van der Waals surface area contributed by atoms with Gasteiger partial charge in [0.15, 0.2) is 0 Å².